The Bertz CT molecular complexity index is 1510. The van der Waals surface area contributed by atoms with Gasteiger partial charge in [0.15, 0.2) is 0 Å². The van der Waals surface area contributed by atoms with E-state index in [9.17, 15) is 13.6 Å². The lowest BCUT2D eigenvalue weighted by molar-refractivity contribution is 0.192. The summed E-state index contributed by atoms with van der Waals surface area (Å²) < 4.78 is 39.4. The SMILES string of the molecule is C=C(C)OC(=O)Nc1cc(-c2cc3cnc(N(C)Cc4ccc(OC)cc4)cc3nc2CC)c(F)cc1F. The van der Waals surface area contributed by atoms with E-state index in [4.69, 9.17) is 14.5 Å². The number of rotatable bonds is 8. The van der Waals surface area contributed by atoms with Crippen LogP contribution in [-0.4, -0.2) is 30.2 Å². The molecule has 7 nitrogen and oxygen atoms in total. The molecule has 4 rings (SSSR count). The van der Waals surface area contributed by atoms with Crippen LogP contribution in [0.25, 0.3) is 22.0 Å². The highest BCUT2D eigenvalue weighted by Gasteiger charge is 2.18. The van der Waals surface area contributed by atoms with E-state index in [0.717, 1.165) is 23.2 Å². The van der Waals surface area contributed by atoms with Crippen LogP contribution in [0, 0.1) is 11.6 Å². The van der Waals surface area contributed by atoms with Gasteiger partial charge >= 0.3 is 6.09 Å². The Kier molecular flexibility index (Phi) is 7.85. The van der Waals surface area contributed by atoms with Gasteiger partial charge in [-0.05, 0) is 43.2 Å². The van der Waals surface area contributed by atoms with Gasteiger partial charge in [-0.2, -0.15) is 0 Å². The van der Waals surface area contributed by atoms with Crippen molar-refractivity contribution in [2.75, 3.05) is 24.4 Å². The number of nitrogens with one attached hydrogen (secondary N) is 1. The highest BCUT2D eigenvalue weighted by atomic mass is 19.1. The van der Waals surface area contributed by atoms with Crippen LogP contribution < -0.4 is 15.0 Å². The number of nitrogens with zero attached hydrogens (tertiary/aromatic N) is 3. The molecular formula is C29H28F2N4O3. The van der Waals surface area contributed by atoms with Crippen molar-refractivity contribution < 1.29 is 23.0 Å². The molecular weight excluding hydrogens is 490 g/mol. The smallest absolute Gasteiger partial charge is 0.416 e. The molecule has 0 saturated heterocycles. The fraction of sp³-hybridized carbons (Fsp3) is 0.207. The zero-order chi connectivity index (χ0) is 27.4. The summed E-state index contributed by atoms with van der Waals surface area (Å²) >= 11 is 0. The zero-order valence-corrected chi connectivity index (χ0v) is 21.6. The summed E-state index contributed by atoms with van der Waals surface area (Å²) in [5.41, 5.74) is 2.77. The quantitative estimate of drug-likeness (QED) is 0.257. The Balaban J connectivity index is 1.67. The number of aromatic nitrogens is 2. The molecule has 38 heavy (non-hydrogen) atoms. The number of carbonyl (C=O) groups is 1. The predicted molar refractivity (Wildman–Crippen MR) is 144 cm³/mol. The van der Waals surface area contributed by atoms with E-state index in [2.05, 4.69) is 16.9 Å². The van der Waals surface area contributed by atoms with Crippen molar-refractivity contribution in [3.8, 4) is 16.9 Å². The fourth-order valence-electron chi connectivity index (χ4n) is 4.04. The second kappa shape index (κ2) is 11.2. The number of methoxy groups -OCH3 is 1. The van der Waals surface area contributed by atoms with Crippen molar-refractivity contribution in [3.63, 3.8) is 0 Å². The number of ether oxygens (including phenoxy) is 2. The maximum Gasteiger partial charge on any atom is 0.416 e. The standard InChI is InChI=1S/C29H28F2N4O3/c1-6-25-22(21-12-27(24(31)13-23(21)30)34-29(36)38-17(2)3)11-19-15-32-28(14-26(19)33-25)35(4)16-18-7-9-20(37-5)10-8-18/h7-15H,2,6,16H2,1,3-5H3,(H,34,36). The van der Waals surface area contributed by atoms with Gasteiger partial charge in [0.1, 0.15) is 23.2 Å². The predicted octanol–water partition coefficient (Wildman–Crippen LogP) is 6.86. The number of allylic oxidation sites excluding steroid dienone is 1. The van der Waals surface area contributed by atoms with E-state index in [-0.39, 0.29) is 17.0 Å². The first-order valence-corrected chi connectivity index (χ1v) is 12.0. The van der Waals surface area contributed by atoms with Crippen LogP contribution in [-0.2, 0) is 17.7 Å². The molecule has 0 aliphatic carbocycles. The molecule has 0 atom stereocenters. The number of amides is 1. The molecule has 0 spiro atoms. The minimum Gasteiger partial charge on any atom is -0.497 e. The molecule has 2 heterocycles. The first-order chi connectivity index (χ1) is 18.2. The van der Waals surface area contributed by atoms with Crippen LogP contribution in [0.2, 0.25) is 0 Å². The van der Waals surface area contributed by atoms with Crippen molar-refractivity contribution in [1.82, 2.24) is 9.97 Å². The third-order valence-corrected chi connectivity index (χ3v) is 5.92. The molecule has 0 fully saturated rings. The topological polar surface area (TPSA) is 76.6 Å². The van der Waals surface area contributed by atoms with Crippen LogP contribution in [0.1, 0.15) is 25.1 Å². The average Bonchev–Trinajstić information content (AvgIpc) is 2.89. The summed E-state index contributed by atoms with van der Waals surface area (Å²) in [6, 6.07) is 13.4. The molecule has 0 radical (unpaired) electrons. The minimum atomic E-state index is -0.928. The van der Waals surface area contributed by atoms with Crippen LogP contribution in [0.15, 0.2) is 67.1 Å². The Morgan fingerprint density at radius 2 is 1.82 bits per heavy atom. The number of hydrogen-bond donors (Lipinski definition) is 1. The van der Waals surface area contributed by atoms with Gasteiger partial charge in [-0.15, -0.1) is 0 Å². The Hall–Kier alpha value is -4.53. The van der Waals surface area contributed by atoms with Gasteiger partial charge in [0.25, 0.3) is 0 Å². The van der Waals surface area contributed by atoms with Crippen LogP contribution in [0.3, 0.4) is 0 Å². The molecule has 0 saturated carbocycles. The monoisotopic (exact) mass is 518 g/mol. The first kappa shape index (κ1) is 26.5. The van der Waals surface area contributed by atoms with E-state index >= 15 is 0 Å². The van der Waals surface area contributed by atoms with Crippen molar-refractivity contribution in [2.24, 2.45) is 0 Å². The number of pyridine rings is 2. The molecule has 0 bridgehead atoms. The van der Waals surface area contributed by atoms with Crippen molar-refractivity contribution in [2.45, 2.75) is 26.8 Å². The largest absolute Gasteiger partial charge is 0.497 e. The minimum absolute atomic E-state index is 0.101. The van der Waals surface area contributed by atoms with E-state index in [0.29, 0.717) is 35.1 Å². The number of hydrogen-bond acceptors (Lipinski definition) is 6. The second-order valence-electron chi connectivity index (χ2n) is 8.80. The number of anilines is 2. The normalized spacial score (nSPS) is 10.8. The van der Waals surface area contributed by atoms with Gasteiger partial charge in [0, 0.05) is 54.1 Å². The Morgan fingerprint density at radius 1 is 1.08 bits per heavy atom. The second-order valence-corrected chi connectivity index (χ2v) is 8.80. The molecule has 1 N–H and O–H groups in total. The molecule has 9 heteroatoms. The zero-order valence-electron chi connectivity index (χ0n) is 21.6. The van der Waals surface area contributed by atoms with Crippen LogP contribution >= 0.6 is 0 Å². The lowest BCUT2D eigenvalue weighted by atomic mass is 9.99. The molecule has 0 unspecified atom stereocenters. The summed E-state index contributed by atoms with van der Waals surface area (Å²) in [7, 11) is 3.57. The summed E-state index contributed by atoms with van der Waals surface area (Å²) in [6.07, 6.45) is 1.26. The number of benzene rings is 2. The maximum atomic E-state index is 14.9. The fourth-order valence-corrected chi connectivity index (χ4v) is 4.04. The maximum absolute atomic E-state index is 14.9. The van der Waals surface area contributed by atoms with Gasteiger partial charge in [-0.3, -0.25) is 10.3 Å². The van der Waals surface area contributed by atoms with Crippen molar-refractivity contribution >= 4 is 28.5 Å². The average molecular weight is 519 g/mol. The molecule has 2 aromatic carbocycles. The number of carbonyl (C=O) groups excluding carboxylic acids is 1. The first-order valence-electron chi connectivity index (χ1n) is 12.0. The van der Waals surface area contributed by atoms with Gasteiger partial charge in [-0.25, -0.2) is 18.6 Å². The molecule has 0 aliphatic rings. The summed E-state index contributed by atoms with van der Waals surface area (Å²) in [5.74, 6) is -0.0478. The van der Waals surface area contributed by atoms with Gasteiger partial charge in [0.2, 0.25) is 0 Å². The third kappa shape index (κ3) is 5.88. The molecule has 196 valence electrons. The van der Waals surface area contributed by atoms with Crippen molar-refractivity contribution in [1.29, 1.82) is 0 Å². The molecule has 2 aromatic heterocycles. The summed E-state index contributed by atoms with van der Waals surface area (Å²) in [6.45, 7) is 7.49. The lowest BCUT2D eigenvalue weighted by Gasteiger charge is -2.19. The van der Waals surface area contributed by atoms with Gasteiger partial charge in [-0.1, -0.05) is 25.6 Å². The highest BCUT2D eigenvalue weighted by molar-refractivity contribution is 5.89. The van der Waals surface area contributed by atoms with E-state index in [1.165, 1.54) is 13.0 Å². The molecule has 0 aliphatic heterocycles. The Labute approximate surface area is 219 Å². The van der Waals surface area contributed by atoms with E-state index < -0.39 is 17.7 Å². The van der Waals surface area contributed by atoms with E-state index in [1.54, 1.807) is 19.4 Å². The summed E-state index contributed by atoms with van der Waals surface area (Å²) in [5, 5.41) is 2.98. The van der Waals surface area contributed by atoms with Crippen molar-refractivity contribution in [3.05, 3.63) is 90.0 Å². The summed E-state index contributed by atoms with van der Waals surface area (Å²) in [4.78, 5) is 23.3. The van der Waals surface area contributed by atoms with Crippen LogP contribution in [0.4, 0.5) is 25.1 Å². The number of halogens is 2. The highest BCUT2D eigenvalue weighted by Crippen LogP contribution is 2.33. The van der Waals surface area contributed by atoms with Gasteiger partial charge < -0.3 is 14.4 Å². The van der Waals surface area contributed by atoms with E-state index in [1.807, 2.05) is 49.2 Å². The van der Waals surface area contributed by atoms with Gasteiger partial charge in [0.05, 0.1) is 24.1 Å². The number of fused-ring (bicyclic) bond motifs is 1. The lowest BCUT2D eigenvalue weighted by Crippen LogP contribution is -2.17. The van der Waals surface area contributed by atoms with Crippen LogP contribution in [0.5, 0.6) is 5.75 Å². The third-order valence-electron chi connectivity index (χ3n) is 5.92. The molecule has 1 amide bonds. The molecule has 4 aromatic rings. The number of aryl methyl sites for hydroxylation is 1. The Morgan fingerprint density at radius 3 is 2.47 bits per heavy atom.